The van der Waals surface area contributed by atoms with Crippen molar-refractivity contribution in [2.75, 3.05) is 11.8 Å². The van der Waals surface area contributed by atoms with E-state index in [-0.39, 0.29) is 11.6 Å². The molecule has 1 aliphatic heterocycles. The lowest BCUT2D eigenvalue weighted by atomic mass is 9.80. The van der Waals surface area contributed by atoms with Crippen LogP contribution in [0.15, 0.2) is 29.6 Å². The molecular formula is C17H20BF2N3O5S. The van der Waals surface area contributed by atoms with Crippen molar-refractivity contribution >= 4 is 28.3 Å². The standard InChI is InChI=1S/C17H20BF2N3O5S/c1-16(2)17(3,4)28-18(27-16)10-6-13(15(26-5)22-7-10)23-29(24,25)14-11(19)8-21-9-12(14)20/h6-9,23H,1-5H3. The normalized spacial score (nSPS) is 18.0. The maximum Gasteiger partial charge on any atom is 0.496 e. The molecule has 12 heteroatoms. The zero-order valence-electron chi connectivity index (χ0n) is 16.5. The van der Waals surface area contributed by atoms with E-state index in [1.807, 2.05) is 27.7 Å². The van der Waals surface area contributed by atoms with E-state index in [1.165, 1.54) is 19.4 Å². The van der Waals surface area contributed by atoms with Crippen molar-refractivity contribution in [1.82, 2.24) is 9.97 Å². The van der Waals surface area contributed by atoms with Gasteiger partial charge < -0.3 is 14.0 Å². The lowest BCUT2D eigenvalue weighted by molar-refractivity contribution is 0.00578. The van der Waals surface area contributed by atoms with Crippen LogP contribution in [-0.4, -0.2) is 43.8 Å². The van der Waals surface area contributed by atoms with Gasteiger partial charge in [0.2, 0.25) is 5.88 Å². The monoisotopic (exact) mass is 427 g/mol. The van der Waals surface area contributed by atoms with Gasteiger partial charge in [-0.1, -0.05) is 0 Å². The van der Waals surface area contributed by atoms with Gasteiger partial charge in [-0.15, -0.1) is 0 Å². The number of ether oxygens (including phenoxy) is 1. The number of aromatic nitrogens is 2. The van der Waals surface area contributed by atoms with Crippen LogP contribution in [0.5, 0.6) is 5.88 Å². The zero-order chi connectivity index (χ0) is 21.6. The Labute approximate surface area is 167 Å². The summed E-state index contributed by atoms with van der Waals surface area (Å²) < 4.78 is 72.0. The predicted molar refractivity (Wildman–Crippen MR) is 101 cm³/mol. The third kappa shape index (κ3) is 3.92. The highest BCUT2D eigenvalue weighted by Gasteiger charge is 2.52. The molecular weight excluding hydrogens is 407 g/mol. The number of pyridine rings is 2. The van der Waals surface area contributed by atoms with E-state index in [4.69, 9.17) is 14.0 Å². The molecule has 3 heterocycles. The molecule has 1 saturated heterocycles. The molecule has 0 aromatic carbocycles. The summed E-state index contributed by atoms with van der Waals surface area (Å²) in [5.41, 5.74) is -0.977. The number of nitrogens with zero attached hydrogens (tertiary/aromatic N) is 2. The number of sulfonamides is 1. The van der Waals surface area contributed by atoms with Gasteiger partial charge in [0.1, 0.15) is 5.69 Å². The van der Waals surface area contributed by atoms with Crippen LogP contribution >= 0.6 is 0 Å². The summed E-state index contributed by atoms with van der Waals surface area (Å²) in [5.74, 6) is -2.75. The summed E-state index contributed by atoms with van der Waals surface area (Å²) in [6, 6.07) is 1.38. The van der Waals surface area contributed by atoms with Crippen LogP contribution in [0.25, 0.3) is 0 Å². The predicted octanol–water partition coefficient (Wildman–Crippen LogP) is 1.86. The number of hydrogen-bond acceptors (Lipinski definition) is 7. The minimum atomic E-state index is -4.63. The van der Waals surface area contributed by atoms with E-state index in [2.05, 4.69) is 14.7 Å². The first kappa shape index (κ1) is 21.4. The van der Waals surface area contributed by atoms with Crippen LogP contribution in [0.1, 0.15) is 27.7 Å². The lowest BCUT2D eigenvalue weighted by Crippen LogP contribution is -2.41. The van der Waals surface area contributed by atoms with Crippen LogP contribution in [0.4, 0.5) is 14.5 Å². The second kappa shape index (κ2) is 7.19. The van der Waals surface area contributed by atoms with Gasteiger partial charge in [-0.3, -0.25) is 9.71 Å². The molecule has 1 fully saturated rings. The Hall–Kier alpha value is -2.31. The van der Waals surface area contributed by atoms with Gasteiger partial charge in [0.25, 0.3) is 10.0 Å². The second-order valence-corrected chi connectivity index (χ2v) is 9.07. The molecule has 0 atom stereocenters. The van der Waals surface area contributed by atoms with E-state index in [0.717, 1.165) is 0 Å². The van der Waals surface area contributed by atoms with Crippen molar-refractivity contribution in [2.24, 2.45) is 0 Å². The van der Waals surface area contributed by atoms with Crippen molar-refractivity contribution in [3.8, 4) is 5.88 Å². The van der Waals surface area contributed by atoms with Gasteiger partial charge in [0.15, 0.2) is 16.5 Å². The molecule has 1 N–H and O–H groups in total. The highest BCUT2D eigenvalue weighted by molar-refractivity contribution is 7.92. The van der Waals surface area contributed by atoms with Gasteiger partial charge in [0, 0.05) is 11.7 Å². The summed E-state index contributed by atoms with van der Waals surface area (Å²) in [4.78, 5) is 6.17. The van der Waals surface area contributed by atoms with Gasteiger partial charge in [-0.05, 0) is 33.8 Å². The second-order valence-electron chi connectivity index (χ2n) is 7.45. The highest BCUT2D eigenvalue weighted by atomic mass is 32.2. The summed E-state index contributed by atoms with van der Waals surface area (Å²) in [7, 11) is -4.18. The molecule has 0 amide bonds. The maximum absolute atomic E-state index is 13.9. The van der Waals surface area contributed by atoms with Gasteiger partial charge in [-0.2, -0.15) is 0 Å². The third-order valence-electron chi connectivity index (χ3n) is 4.91. The smallest absolute Gasteiger partial charge is 0.480 e. The molecule has 3 rings (SSSR count). The van der Waals surface area contributed by atoms with Crippen LogP contribution in [0, 0.1) is 11.6 Å². The Morgan fingerprint density at radius 1 is 1.07 bits per heavy atom. The molecule has 0 saturated carbocycles. The molecule has 0 spiro atoms. The average Bonchev–Trinajstić information content (AvgIpc) is 2.81. The average molecular weight is 427 g/mol. The maximum atomic E-state index is 13.9. The first-order valence-corrected chi connectivity index (χ1v) is 10.1. The van der Waals surface area contributed by atoms with Gasteiger partial charge in [-0.25, -0.2) is 22.2 Å². The Kier molecular flexibility index (Phi) is 5.30. The molecule has 0 radical (unpaired) electrons. The van der Waals surface area contributed by atoms with E-state index < -0.39 is 44.9 Å². The van der Waals surface area contributed by atoms with Gasteiger partial charge in [0.05, 0.1) is 30.7 Å². The fraction of sp³-hybridized carbons (Fsp3) is 0.412. The molecule has 8 nitrogen and oxygen atoms in total. The minimum absolute atomic E-state index is 0.0938. The van der Waals surface area contributed by atoms with Gasteiger partial charge >= 0.3 is 7.12 Å². The van der Waals surface area contributed by atoms with E-state index in [9.17, 15) is 17.2 Å². The van der Waals surface area contributed by atoms with Crippen molar-refractivity contribution in [3.05, 3.63) is 36.3 Å². The molecule has 2 aromatic heterocycles. The molecule has 1 aliphatic rings. The van der Waals surface area contributed by atoms with Crippen molar-refractivity contribution in [1.29, 1.82) is 0 Å². The molecule has 29 heavy (non-hydrogen) atoms. The third-order valence-corrected chi connectivity index (χ3v) is 6.33. The summed E-state index contributed by atoms with van der Waals surface area (Å²) in [6.45, 7) is 7.45. The quantitative estimate of drug-likeness (QED) is 0.728. The van der Waals surface area contributed by atoms with Crippen LogP contribution in [0.3, 0.4) is 0 Å². The lowest BCUT2D eigenvalue weighted by Gasteiger charge is -2.32. The summed E-state index contributed by atoms with van der Waals surface area (Å²) >= 11 is 0. The number of anilines is 1. The van der Waals surface area contributed by atoms with Crippen LogP contribution in [0.2, 0.25) is 0 Å². The Balaban J connectivity index is 1.99. The number of nitrogens with one attached hydrogen (secondary N) is 1. The topological polar surface area (TPSA) is 99.6 Å². The van der Waals surface area contributed by atoms with Crippen molar-refractivity contribution in [3.63, 3.8) is 0 Å². The molecule has 0 aliphatic carbocycles. The number of hydrogen-bond donors (Lipinski definition) is 1. The van der Waals surface area contributed by atoms with Crippen molar-refractivity contribution < 1.29 is 31.2 Å². The highest BCUT2D eigenvalue weighted by Crippen LogP contribution is 2.37. The van der Waals surface area contributed by atoms with E-state index in [0.29, 0.717) is 17.9 Å². The fourth-order valence-electron chi connectivity index (χ4n) is 2.66. The number of methoxy groups -OCH3 is 1. The SMILES string of the molecule is COc1ncc(B2OC(C)(C)C(C)(C)O2)cc1NS(=O)(=O)c1c(F)cncc1F. The van der Waals surface area contributed by atoms with Crippen LogP contribution < -0.4 is 14.9 Å². The summed E-state index contributed by atoms with van der Waals surface area (Å²) in [5, 5.41) is 0. The molecule has 2 aromatic rings. The summed E-state index contributed by atoms with van der Waals surface area (Å²) in [6.07, 6.45) is 2.62. The minimum Gasteiger partial charge on any atom is -0.480 e. The first-order valence-electron chi connectivity index (χ1n) is 8.59. The zero-order valence-corrected chi connectivity index (χ0v) is 17.3. The first-order chi connectivity index (χ1) is 13.4. The number of halogens is 2. The molecule has 0 unspecified atom stereocenters. The Bertz CT molecular complexity index is 1010. The van der Waals surface area contributed by atoms with Crippen LogP contribution in [-0.2, 0) is 19.3 Å². The molecule has 0 bridgehead atoms. The Morgan fingerprint density at radius 2 is 1.62 bits per heavy atom. The van der Waals surface area contributed by atoms with E-state index in [1.54, 1.807) is 0 Å². The molecule has 156 valence electrons. The van der Waals surface area contributed by atoms with Crippen molar-refractivity contribution in [2.45, 2.75) is 43.8 Å². The fourth-order valence-corrected chi connectivity index (χ4v) is 3.82. The van der Waals surface area contributed by atoms with E-state index >= 15 is 0 Å². The Morgan fingerprint density at radius 3 is 2.14 bits per heavy atom. The number of rotatable bonds is 5. The largest absolute Gasteiger partial charge is 0.496 e.